The lowest BCUT2D eigenvalue weighted by Crippen LogP contribution is -2.34. The summed E-state index contributed by atoms with van der Waals surface area (Å²) in [6.45, 7) is 1.14. The molecule has 1 aliphatic rings. The second-order valence-electron chi connectivity index (χ2n) is 5.35. The van der Waals surface area contributed by atoms with Crippen molar-refractivity contribution in [1.82, 2.24) is 5.32 Å². The smallest absolute Gasteiger partial charge is 0.148 e. The van der Waals surface area contributed by atoms with Crippen molar-refractivity contribution >= 4 is 27.7 Å². The highest BCUT2D eigenvalue weighted by atomic mass is 79.9. The minimum absolute atomic E-state index is 0.312. The van der Waals surface area contributed by atoms with Crippen LogP contribution < -0.4 is 10.1 Å². The molecule has 0 radical (unpaired) electrons. The van der Waals surface area contributed by atoms with E-state index in [1.807, 2.05) is 23.9 Å². The fourth-order valence-corrected chi connectivity index (χ4v) is 3.98. The molecule has 1 aromatic rings. The molecule has 0 bridgehead atoms. The van der Waals surface area contributed by atoms with Crippen molar-refractivity contribution in [1.29, 1.82) is 0 Å². The summed E-state index contributed by atoms with van der Waals surface area (Å²) in [6, 6.07) is 6.67. The van der Waals surface area contributed by atoms with Crippen molar-refractivity contribution in [3.05, 3.63) is 28.2 Å². The molecule has 2 atom stereocenters. The summed E-state index contributed by atoms with van der Waals surface area (Å²) in [5, 5.41) is 4.48. The number of nitrogens with one attached hydrogen (secondary N) is 1. The highest BCUT2D eigenvalue weighted by molar-refractivity contribution is 9.10. The third-order valence-electron chi connectivity index (χ3n) is 3.87. The summed E-state index contributed by atoms with van der Waals surface area (Å²) in [7, 11) is 0. The third-order valence-corrected chi connectivity index (χ3v) is 5.46. The summed E-state index contributed by atoms with van der Waals surface area (Å²) in [6.07, 6.45) is 12.7. The van der Waals surface area contributed by atoms with Crippen molar-refractivity contribution in [3.8, 4) is 18.1 Å². The molecule has 0 spiro atoms. The number of hydrogen-bond donors (Lipinski definition) is 1. The fourth-order valence-electron chi connectivity index (χ4n) is 2.75. The molecule has 21 heavy (non-hydrogen) atoms. The van der Waals surface area contributed by atoms with Gasteiger partial charge in [-0.3, -0.25) is 0 Å². The van der Waals surface area contributed by atoms with Crippen LogP contribution in [0.5, 0.6) is 5.75 Å². The molecule has 1 N–H and O–H groups in total. The van der Waals surface area contributed by atoms with Gasteiger partial charge in [0.25, 0.3) is 0 Å². The Balaban J connectivity index is 1.95. The van der Waals surface area contributed by atoms with E-state index in [1.54, 1.807) is 0 Å². The highest BCUT2D eigenvalue weighted by Crippen LogP contribution is 2.28. The number of rotatable bonds is 6. The third kappa shape index (κ3) is 5.25. The van der Waals surface area contributed by atoms with E-state index in [2.05, 4.69) is 39.5 Å². The first-order valence-corrected chi connectivity index (χ1v) is 9.42. The van der Waals surface area contributed by atoms with Crippen molar-refractivity contribution in [3.63, 3.8) is 0 Å². The second-order valence-corrected chi connectivity index (χ2v) is 7.40. The van der Waals surface area contributed by atoms with Crippen LogP contribution in [0.4, 0.5) is 0 Å². The Morgan fingerprint density at radius 2 is 2.33 bits per heavy atom. The first-order valence-electron chi connectivity index (χ1n) is 7.33. The van der Waals surface area contributed by atoms with Gasteiger partial charge in [0.15, 0.2) is 0 Å². The van der Waals surface area contributed by atoms with Gasteiger partial charge in [0.2, 0.25) is 0 Å². The Kier molecular flexibility index (Phi) is 6.95. The van der Waals surface area contributed by atoms with Gasteiger partial charge in [-0.25, -0.2) is 0 Å². The average molecular weight is 368 g/mol. The van der Waals surface area contributed by atoms with Crippen molar-refractivity contribution in [2.75, 3.05) is 12.9 Å². The Labute approximate surface area is 140 Å². The van der Waals surface area contributed by atoms with Gasteiger partial charge in [-0.1, -0.05) is 28.3 Å². The van der Waals surface area contributed by atoms with Crippen molar-refractivity contribution in [2.24, 2.45) is 0 Å². The van der Waals surface area contributed by atoms with Crippen LogP contribution >= 0.6 is 27.7 Å². The minimum atomic E-state index is 0.312. The number of benzene rings is 1. The number of terminal acetylenes is 1. The molecular weight excluding hydrogens is 346 g/mol. The van der Waals surface area contributed by atoms with Gasteiger partial charge in [-0.05, 0) is 43.7 Å². The predicted molar refractivity (Wildman–Crippen MR) is 94.9 cm³/mol. The van der Waals surface area contributed by atoms with Crippen molar-refractivity contribution < 1.29 is 4.74 Å². The van der Waals surface area contributed by atoms with Crippen LogP contribution in [0.25, 0.3) is 0 Å². The number of halogens is 1. The molecule has 2 unspecified atom stereocenters. The van der Waals surface area contributed by atoms with Crippen molar-refractivity contribution in [2.45, 2.75) is 43.5 Å². The molecule has 4 heteroatoms. The zero-order valence-electron chi connectivity index (χ0n) is 12.4. The van der Waals surface area contributed by atoms with Crippen LogP contribution in [-0.4, -0.2) is 24.2 Å². The van der Waals surface area contributed by atoms with Gasteiger partial charge in [-0.2, -0.15) is 11.8 Å². The van der Waals surface area contributed by atoms with Gasteiger partial charge in [0.05, 0.1) is 0 Å². The van der Waals surface area contributed by atoms with E-state index in [9.17, 15) is 0 Å². The summed E-state index contributed by atoms with van der Waals surface area (Å²) in [4.78, 5) is 0. The molecule has 114 valence electrons. The first kappa shape index (κ1) is 16.7. The average Bonchev–Trinajstić information content (AvgIpc) is 2.52. The number of hydrogen-bond acceptors (Lipinski definition) is 3. The zero-order chi connectivity index (χ0) is 15.1. The Morgan fingerprint density at radius 1 is 1.48 bits per heavy atom. The molecular formula is C17H22BrNOS. The molecule has 2 rings (SSSR count). The van der Waals surface area contributed by atoms with Crippen LogP contribution in [0.1, 0.15) is 31.2 Å². The lowest BCUT2D eigenvalue weighted by atomic mass is 9.95. The lowest BCUT2D eigenvalue weighted by molar-refractivity contribution is 0.354. The maximum Gasteiger partial charge on any atom is 0.148 e. The van der Waals surface area contributed by atoms with Gasteiger partial charge in [0.1, 0.15) is 12.4 Å². The van der Waals surface area contributed by atoms with Gasteiger partial charge >= 0.3 is 0 Å². The predicted octanol–water partition coefficient (Wildman–Crippen LogP) is 4.22. The van der Waals surface area contributed by atoms with Gasteiger partial charge in [0, 0.05) is 27.9 Å². The quantitative estimate of drug-likeness (QED) is 0.760. The zero-order valence-corrected chi connectivity index (χ0v) is 14.8. The maximum absolute atomic E-state index is 5.62. The summed E-state index contributed by atoms with van der Waals surface area (Å²) >= 11 is 5.52. The Bertz CT molecular complexity index is 500. The molecule has 1 fully saturated rings. The fraction of sp³-hybridized carbons (Fsp3) is 0.529. The molecule has 0 aromatic heterocycles. The number of thioether (sulfide) groups is 1. The van der Waals surface area contributed by atoms with Gasteiger partial charge < -0.3 is 10.1 Å². The monoisotopic (exact) mass is 367 g/mol. The molecule has 0 saturated heterocycles. The highest BCUT2D eigenvalue weighted by Gasteiger charge is 2.21. The summed E-state index contributed by atoms with van der Waals surface area (Å²) < 4.78 is 6.69. The van der Waals surface area contributed by atoms with Crippen LogP contribution in [0, 0.1) is 12.3 Å². The minimum Gasteiger partial charge on any atom is -0.481 e. The molecule has 1 aromatic carbocycles. The lowest BCUT2D eigenvalue weighted by Gasteiger charge is -2.29. The van der Waals surface area contributed by atoms with Crippen LogP contribution in [-0.2, 0) is 6.54 Å². The normalized spacial score (nSPS) is 21.8. The topological polar surface area (TPSA) is 21.3 Å². The van der Waals surface area contributed by atoms with E-state index in [-0.39, 0.29) is 0 Å². The standard InChI is InChI=1S/C17H22BrNOS/c1-3-9-20-17-8-7-14(18)10-13(17)12-19-15-5-4-6-16(11-15)21-2/h1,7-8,10,15-16,19H,4-6,9,11-12H2,2H3. The van der Waals surface area contributed by atoms with Crippen LogP contribution in [0.3, 0.4) is 0 Å². The van der Waals surface area contributed by atoms with Crippen LogP contribution in [0.2, 0.25) is 0 Å². The summed E-state index contributed by atoms with van der Waals surface area (Å²) in [5.41, 5.74) is 1.16. The van der Waals surface area contributed by atoms with Gasteiger partial charge in [-0.15, -0.1) is 6.42 Å². The Morgan fingerprint density at radius 3 is 3.10 bits per heavy atom. The van der Waals surface area contributed by atoms with E-state index in [4.69, 9.17) is 11.2 Å². The van der Waals surface area contributed by atoms with E-state index < -0.39 is 0 Å². The molecule has 1 aliphatic carbocycles. The molecule has 1 saturated carbocycles. The SMILES string of the molecule is C#CCOc1ccc(Br)cc1CNC1CCCC(SC)C1. The molecule has 0 aliphatic heterocycles. The van der Waals surface area contributed by atoms with E-state index in [1.165, 1.54) is 25.7 Å². The second kappa shape index (κ2) is 8.73. The van der Waals surface area contributed by atoms with E-state index in [0.717, 1.165) is 27.6 Å². The van der Waals surface area contributed by atoms with E-state index in [0.29, 0.717) is 12.6 Å². The van der Waals surface area contributed by atoms with Crippen LogP contribution in [0.15, 0.2) is 22.7 Å². The largest absolute Gasteiger partial charge is 0.481 e. The summed E-state index contributed by atoms with van der Waals surface area (Å²) in [5.74, 6) is 3.40. The maximum atomic E-state index is 5.62. The molecule has 0 heterocycles. The Hall–Kier alpha value is -0.630. The first-order chi connectivity index (χ1) is 10.2. The molecule has 0 amide bonds. The van der Waals surface area contributed by atoms with E-state index >= 15 is 0 Å². The number of ether oxygens (including phenoxy) is 1. The molecule has 2 nitrogen and oxygen atoms in total.